The Morgan fingerprint density at radius 2 is 1.78 bits per heavy atom. The van der Waals surface area contributed by atoms with E-state index >= 15 is 0 Å². The van der Waals surface area contributed by atoms with Crippen molar-refractivity contribution >= 4 is 52.2 Å². The van der Waals surface area contributed by atoms with Crippen LogP contribution in [0.5, 0.6) is 0 Å². The highest BCUT2D eigenvalue weighted by atomic mass is 35.5. The minimum Gasteiger partial charge on any atom is -0.391 e. The fourth-order valence-corrected chi connectivity index (χ4v) is 7.15. The predicted octanol–water partition coefficient (Wildman–Crippen LogP) is 3.27. The minimum atomic E-state index is -0.906. The number of rotatable bonds is 9. The third kappa shape index (κ3) is 9.04. The van der Waals surface area contributed by atoms with E-state index in [1.165, 1.54) is 4.90 Å². The molecule has 5 N–H and O–H groups in total. The van der Waals surface area contributed by atoms with E-state index in [0.29, 0.717) is 37.7 Å². The molecule has 4 heterocycles. The minimum absolute atomic E-state index is 0. The Balaban J connectivity index is 0.00000541. The third-order valence-corrected chi connectivity index (χ3v) is 10.1. The largest absolute Gasteiger partial charge is 0.391 e. The summed E-state index contributed by atoms with van der Waals surface area (Å²) in [4.78, 5) is 51.8. The lowest BCUT2D eigenvalue weighted by atomic mass is 9.85. The molecule has 2 aliphatic rings. The number of nitrogen functional groups attached to an aromatic ring is 1. The maximum Gasteiger partial charge on any atom is 0.246 e. The van der Waals surface area contributed by atoms with Gasteiger partial charge < -0.3 is 31.3 Å². The number of benzene rings is 1. The van der Waals surface area contributed by atoms with E-state index in [-0.39, 0.29) is 49.9 Å². The number of nitrogens with zero attached hydrogens (tertiary/aromatic N) is 6. The van der Waals surface area contributed by atoms with Gasteiger partial charge in [-0.15, -0.1) is 21.5 Å². The molecular formula is C34H48ClN9O4S. The van der Waals surface area contributed by atoms with E-state index in [0.717, 1.165) is 21.7 Å². The molecule has 3 amide bonds. The molecule has 0 saturated carbocycles. The number of carbonyl (C=O) groups excluding carboxylic acids is 3. The predicted molar refractivity (Wildman–Crippen MR) is 193 cm³/mol. The second-order valence-corrected chi connectivity index (χ2v) is 14.8. The number of aromatic nitrogens is 3. The molecule has 2 aromatic heterocycles. The molecular weight excluding hydrogens is 666 g/mol. The first kappa shape index (κ1) is 38.0. The van der Waals surface area contributed by atoms with Gasteiger partial charge in [0.15, 0.2) is 11.0 Å². The summed E-state index contributed by atoms with van der Waals surface area (Å²) in [7, 11) is 0. The standard InChI is InChI=1S/C33H44ClN9O4S.CH4/c1-19(21-6-8-22(9-7-21)28-20(2)36-18-48-28)37-31(46)25-14-23(44)16-43(25)32(47)29(33(3,4)5)38-27(45)17-41-10-12-42(13-11-41)24-15-26(34)39-40-30(24)35;/h6-9,15,18-19,23,25,29,44H,10-14,16-17H2,1-5H3,(H2,35,40)(H,37,46)(H,38,45);1H4/t19-,23+,25-,29+;/m0./s1. The van der Waals surface area contributed by atoms with E-state index in [2.05, 4.69) is 30.7 Å². The molecule has 3 aromatic rings. The average Bonchev–Trinajstić information content (AvgIpc) is 3.66. The molecule has 2 aliphatic heterocycles. The van der Waals surface area contributed by atoms with E-state index in [9.17, 15) is 19.5 Å². The van der Waals surface area contributed by atoms with Crippen LogP contribution in [-0.4, -0.2) is 105 Å². The number of anilines is 2. The molecule has 0 spiro atoms. The van der Waals surface area contributed by atoms with Crippen molar-refractivity contribution in [3.05, 3.63) is 52.3 Å². The zero-order chi connectivity index (χ0) is 34.7. The van der Waals surface area contributed by atoms with E-state index in [4.69, 9.17) is 17.3 Å². The summed E-state index contributed by atoms with van der Waals surface area (Å²) < 4.78 is 0. The smallest absolute Gasteiger partial charge is 0.246 e. The summed E-state index contributed by atoms with van der Waals surface area (Å²) in [6.45, 7) is 12.0. The molecule has 5 rings (SSSR count). The van der Waals surface area contributed by atoms with Gasteiger partial charge in [-0.05, 0) is 30.4 Å². The average molecular weight is 714 g/mol. The number of carbonyl (C=O) groups is 3. The lowest BCUT2D eigenvalue weighted by Crippen LogP contribution is -2.59. The van der Waals surface area contributed by atoms with Gasteiger partial charge in [0.1, 0.15) is 12.1 Å². The second-order valence-electron chi connectivity index (χ2n) is 13.6. The second kappa shape index (κ2) is 15.8. The molecule has 49 heavy (non-hydrogen) atoms. The van der Waals surface area contributed by atoms with Gasteiger partial charge in [-0.1, -0.05) is 64.1 Å². The van der Waals surface area contributed by atoms with E-state index < -0.39 is 29.5 Å². The Hall–Kier alpha value is -3.85. The Labute approximate surface area is 297 Å². The van der Waals surface area contributed by atoms with Gasteiger partial charge in [-0.2, -0.15) is 0 Å². The quantitative estimate of drug-likeness (QED) is 0.258. The van der Waals surface area contributed by atoms with Crippen molar-refractivity contribution in [3.8, 4) is 10.4 Å². The molecule has 2 fully saturated rings. The third-order valence-electron chi connectivity index (χ3n) is 8.91. The van der Waals surface area contributed by atoms with Crippen molar-refractivity contribution < 1.29 is 19.5 Å². The first-order valence-electron chi connectivity index (χ1n) is 16.1. The maximum atomic E-state index is 14.0. The number of hydrogen-bond donors (Lipinski definition) is 4. The molecule has 4 atom stereocenters. The van der Waals surface area contributed by atoms with Crippen molar-refractivity contribution in [2.75, 3.05) is 49.9 Å². The van der Waals surface area contributed by atoms with Crippen LogP contribution in [0.1, 0.15) is 58.8 Å². The Bertz CT molecular complexity index is 1620. The van der Waals surface area contributed by atoms with Crippen molar-refractivity contribution in [1.82, 2.24) is 35.6 Å². The molecule has 0 bridgehead atoms. The molecule has 0 aliphatic carbocycles. The summed E-state index contributed by atoms with van der Waals surface area (Å²) >= 11 is 7.59. The van der Waals surface area contributed by atoms with Gasteiger partial charge in [-0.25, -0.2) is 4.98 Å². The SMILES string of the molecule is C.Cc1ncsc1-c1ccc([C@H](C)NC(=O)[C@@H]2C[C@@H](O)CN2C(=O)[C@@H](NC(=O)CN2CCN(c3cc(Cl)nnc3N)CC2)C(C)(C)C)cc1. The number of hydrogen-bond acceptors (Lipinski definition) is 11. The van der Waals surface area contributed by atoms with Crippen LogP contribution in [0, 0.1) is 12.3 Å². The summed E-state index contributed by atoms with van der Waals surface area (Å²) in [5.74, 6) is -0.747. The number of aryl methyl sites for hydroxylation is 1. The van der Waals surface area contributed by atoms with Gasteiger partial charge in [-0.3, -0.25) is 19.3 Å². The van der Waals surface area contributed by atoms with Crippen LogP contribution in [0.15, 0.2) is 35.8 Å². The number of nitrogens with two attached hydrogens (primary N) is 1. The highest BCUT2D eigenvalue weighted by molar-refractivity contribution is 7.13. The topological polar surface area (TPSA) is 170 Å². The van der Waals surface area contributed by atoms with E-state index in [1.807, 2.05) is 69.3 Å². The molecule has 2 saturated heterocycles. The summed E-state index contributed by atoms with van der Waals surface area (Å²) in [6, 6.07) is 7.53. The van der Waals surface area contributed by atoms with Crippen LogP contribution in [0.2, 0.25) is 5.15 Å². The van der Waals surface area contributed by atoms with Crippen molar-refractivity contribution in [1.29, 1.82) is 0 Å². The number of β-amino-alcohol motifs (C(OH)–C–C–N with tert-alkyl or cyclic N) is 1. The fraction of sp³-hybridized carbons (Fsp3) is 0.529. The van der Waals surface area contributed by atoms with Crippen molar-refractivity contribution in [2.24, 2.45) is 5.41 Å². The van der Waals surface area contributed by atoms with Gasteiger partial charge in [0.05, 0.1) is 40.5 Å². The number of thiazole rings is 1. The zero-order valence-electron chi connectivity index (χ0n) is 27.9. The van der Waals surface area contributed by atoms with Crippen molar-refractivity contribution in [3.63, 3.8) is 0 Å². The fourth-order valence-electron chi connectivity index (χ4n) is 6.19. The highest BCUT2D eigenvalue weighted by Crippen LogP contribution is 2.30. The molecule has 1 aromatic carbocycles. The van der Waals surface area contributed by atoms with Crippen LogP contribution >= 0.6 is 22.9 Å². The lowest BCUT2D eigenvalue weighted by Gasteiger charge is -2.37. The molecule has 13 nitrogen and oxygen atoms in total. The number of aliphatic hydroxyl groups is 1. The number of piperazine rings is 1. The Morgan fingerprint density at radius 3 is 2.39 bits per heavy atom. The molecule has 0 radical (unpaired) electrons. The maximum absolute atomic E-state index is 14.0. The van der Waals surface area contributed by atoms with Crippen LogP contribution in [0.4, 0.5) is 11.5 Å². The molecule has 0 unspecified atom stereocenters. The highest BCUT2D eigenvalue weighted by Gasteiger charge is 2.44. The molecule has 15 heteroatoms. The van der Waals surface area contributed by atoms with Crippen LogP contribution < -0.4 is 21.3 Å². The van der Waals surface area contributed by atoms with Crippen molar-refractivity contribution in [2.45, 2.75) is 72.7 Å². The Morgan fingerprint density at radius 1 is 1.10 bits per heavy atom. The summed E-state index contributed by atoms with van der Waals surface area (Å²) in [5, 5.41) is 24.5. The number of amides is 3. The van der Waals surface area contributed by atoms with E-state index in [1.54, 1.807) is 17.4 Å². The monoisotopic (exact) mass is 713 g/mol. The van der Waals surface area contributed by atoms with Gasteiger partial charge >= 0.3 is 0 Å². The first-order valence-corrected chi connectivity index (χ1v) is 17.3. The Kier molecular flexibility index (Phi) is 12.2. The van der Waals surface area contributed by atoms with Crippen LogP contribution in [0.25, 0.3) is 10.4 Å². The number of likely N-dealkylation sites (tertiary alicyclic amines) is 1. The number of nitrogens with one attached hydrogen (secondary N) is 2. The van der Waals surface area contributed by atoms with Gasteiger partial charge in [0.2, 0.25) is 17.7 Å². The number of halogens is 1. The van der Waals surface area contributed by atoms with Crippen LogP contribution in [-0.2, 0) is 14.4 Å². The zero-order valence-corrected chi connectivity index (χ0v) is 29.5. The van der Waals surface area contributed by atoms with Gasteiger partial charge in [0, 0.05) is 45.2 Å². The first-order chi connectivity index (χ1) is 22.7. The summed E-state index contributed by atoms with van der Waals surface area (Å²) in [5.41, 5.74) is 10.8. The van der Waals surface area contributed by atoms with Crippen LogP contribution in [0.3, 0.4) is 0 Å². The summed E-state index contributed by atoms with van der Waals surface area (Å²) in [6.07, 6.45) is -0.736. The number of aliphatic hydroxyl groups excluding tert-OH is 1. The van der Waals surface area contributed by atoms with Gasteiger partial charge in [0.25, 0.3) is 0 Å². The normalized spacial score (nSPS) is 19.6. The lowest BCUT2D eigenvalue weighted by molar-refractivity contribution is -0.144. The molecule has 266 valence electrons.